The Bertz CT molecular complexity index is 3250. The highest BCUT2D eigenvalue weighted by atomic mass is 15.1. The van der Waals surface area contributed by atoms with Gasteiger partial charge >= 0.3 is 0 Å². The highest BCUT2D eigenvalue weighted by molar-refractivity contribution is 5.92. The van der Waals surface area contributed by atoms with Crippen molar-refractivity contribution in [2.75, 3.05) is 4.90 Å². The first-order valence-electron chi connectivity index (χ1n) is 21.9. The lowest BCUT2D eigenvalue weighted by molar-refractivity contribution is 0.626. The van der Waals surface area contributed by atoms with Crippen LogP contribution in [0, 0.1) is 0 Å². The number of benzene rings is 10. The molecule has 2 aliphatic carbocycles. The van der Waals surface area contributed by atoms with Gasteiger partial charge in [0.05, 0.1) is 10.8 Å². The minimum absolute atomic E-state index is 0.481. The van der Waals surface area contributed by atoms with Gasteiger partial charge in [-0.1, -0.05) is 224 Å². The molecule has 2 unspecified atom stereocenters. The molecule has 0 aliphatic heterocycles. The molecular formula is C62H43N. The number of hydrogen-bond acceptors (Lipinski definition) is 1. The third kappa shape index (κ3) is 5.56. The molecule has 0 heterocycles. The highest BCUT2D eigenvalue weighted by Crippen LogP contribution is 2.65. The highest BCUT2D eigenvalue weighted by Gasteiger charge is 2.57. The van der Waals surface area contributed by atoms with Gasteiger partial charge in [-0.25, -0.2) is 0 Å². The smallest absolute Gasteiger partial charge is 0.0720 e. The Hall–Kier alpha value is -8.00. The van der Waals surface area contributed by atoms with E-state index in [4.69, 9.17) is 0 Å². The van der Waals surface area contributed by atoms with Gasteiger partial charge in [-0.3, -0.25) is 0 Å². The summed E-state index contributed by atoms with van der Waals surface area (Å²) in [6.45, 7) is 0. The molecule has 0 bridgehead atoms. The van der Waals surface area contributed by atoms with Gasteiger partial charge in [-0.15, -0.1) is 0 Å². The predicted molar refractivity (Wildman–Crippen MR) is 261 cm³/mol. The van der Waals surface area contributed by atoms with Crippen LogP contribution in [0.4, 0.5) is 17.1 Å². The summed E-state index contributed by atoms with van der Waals surface area (Å²) < 4.78 is 0. The number of anilines is 3. The Kier molecular flexibility index (Phi) is 8.69. The zero-order valence-electron chi connectivity index (χ0n) is 34.8. The van der Waals surface area contributed by atoms with Gasteiger partial charge in [0, 0.05) is 17.1 Å². The topological polar surface area (TPSA) is 3.24 Å². The van der Waals surface area contributed by atoms with Crippen molar-refractivity contribution in [1.29, 1.82) is 0 Å². The standard InChI is InChI=1S/C62H43N/c1-5-19-44(20-6-1)46-35-39-51(40-36-46)63(53-28-17-23-47(43-53)45-21-7-2-8-22-45)52-41-37-50(38-42-52)61(48-24-9-3-10-25-48)57-32-15-16-33-58(57)62(49-26-11-4-12-27-49)56-31-14-13-29-54(56)55-30-18-34-59(61)60(55)62/h1-43H. The van der Waals surface area contributed by atoms with E-state index in [-0.39, 0.29) is 0 Å². The first kappa shape index (κ1) is 36.8. The van der Waals surface area contributed by atoms with Crippen molar-refractivity contribution >= 4 is 17.1 Å². The predicted octanol–water partition coefficient (Wildman–Crippen LogP) is 15.5. The number of fused-ring (bicyclic) bond motifs is 5. The molecule has 2 aliphatic rings. The summed E-state index contributed by atoms with van der Waals surface area (Å²) >= 11 is 0. The van der Waals surface area contributed by atoms with E-state index in [9.17, 15) is 0 Å². The van der Waals surface area contributed by atoms with Crippen molar-refractivity contribution in [1.82, 2.24) is 0 Å². The molecule has 2 atom stereocenters. The molecule has 1 nitrogen and oxygen atoms in total. The SMILES string of the molecule is c1ccc(-c2ccc(N(c3ccc(C4(c5ccccc5)c5ccccc5C5(c6ccccc6)c6ccccc6-c6cccc4c65)cc3)c3cccc(-c4ccccc4)c3)cc2)cc1. The first-order chi connectivity index (χ1) is 31.3. The molecule has 0 saturated heterocycles. The van der Waals surface area contributed by atoms with Gasteiger partial charge in [-0.2, -0.15) is 0 Å². The summed E-state index contributed by atoms with van der Waals surface area (Å²) in [7, 11) is 0. The third-order valence-electron chi connectivity index (χ3n) is 13.6. The van der Waals surface area contributed by atoms with Gasteiger partial charge in [0.1, 0.15) is 0 Å². The molecule has 1 heteroatoms. The fourth-order valence-corrected chi connectivity index (χ4v) is 11.1. The van der Waals surface area contributed by atoms with E-state index in [2.05, 4.69) is 266 Å². The summed E-state index contributed by atoms with van der Waals surface area (Å²) in [4.78, 5) is 2.40. The van der Waals surface area contributed by atoms with Gasteiger partial charge in [-0.05, 0) is 114 Å². The van der Waals surface area contributed by atoms with Crippen molar-refractivity contribution < 1.29 is 0 Å². The lowest BCUT2D eigenvalue weighted by atomic mass is 9.52. The molecule has 0 N–H and O–H groups in total. The summed E-state index contributed by atoms with van der Waals surface area (Å²) in [6.07, 6.45) is 0. The van der Waals surface area contributed by atoms with Crippen LogP contribution in [0.1, 0.15) is 44.5 Å². The molecular weight excluding hydrogens is 759 g/mol. The molecule has 296 valence electrons. The molecule has 10 aromatic carbocycles. The second-order valence-corrected chi connectivity index (χ2v) is 16.8. The lowest BCUT2D eigenvalue weighted by Crippen LogP contribution is -2.44. The Morgan fingerprint density at radius 2 is 0.651 bits per heavy atom. The van der Waals surface area contributed by atoms with E-state index in [1.54, 1.807) is 0 Å². The quantitative estimate of drug-likeness (QED) is 0.148. The minimum Gasteiger partial charge on any atom is -0.310 e. The summed E-state index contributed by atoms with van der Waals surface area (Å²) in [5.74, 6) is 0. The molecule has 10 aromatic rings. The van der Waals surface area contributed by atoms with Crippen LogP contribution in [-0.2, 0) is 10.8 Å². The van der Waals surface area contributed by atoms with Crippen LogP contribution in [0.5, 0.6) is 0 Å². The second kappa shape index (κ2) is 14.9. The largest absolute Gasteiger partial charge is 0.310 e. The van der Waals surface area contributed by atoms with Crippen LogP contribution < -0.4 is 4.90 Å². The van der Waals surface area contributed by atoms with Crippen molar-refractivity contribution in [3.8, 4) is 33.4 Å². The average Bonchev–Trinajstić information content (AvgIpc) is 3.68. The molecule has 0 radical (unpaired) electrons. The maximum atomic E-state index is 2.41. The maximum Gasteiger partial charge on any atom is 0.0720 e. The second-order valence-electron chi connectivity index (χ2n) is 16.8. The minimum atomic E-state index is -0.614. The van der Waals surface area contributed by atoms with Crippen molar-refractivity contribution in [2.24, 2.45) is 0 Å². The summed E-state index contributed by atoms with van der Waals surface area (Å²) in [6, 6.07) is 96.4. The molecule has 0 amide bonds. The van der Waals surface area contributed by atoms with Crippen LogP contribution in [0.25, 0.3) is 33.4 Å². The molecule has 0 fully saturated rings. The van der Waals surface area contributed by atoms with Crippen LogP contribution >= 0.6 is 0 Å². The van der Waals surface area contributed by atoms with Gasteiger partial charge in [0.2, 0.25) is 0 Å². The number of rotatable bonds is 8. The monoisotopic (exact) mass is 801 g/mol. The van der Waals surface area contributed by atoms with E-state index in [1.165, 1.54) is 77.9 Å². The van der Waals surface area contributed by atoms with Crippen molar-refractivity contribution in [3.63, 3.8) is 0 Å². The molecule has 0 saturated carbocycles. The van der Waals surface area contributed by atoms with Gasteiger partial charge in [0.15, 0.2) is 0 Å². The van der Waals surface area contributed by atoms with Gasteiger partial charge < -0.3 is 4.90 Å². The Labute approximate surface area is 369 Å². The van der Waals surface area contributed by atoms with E-state index < -0.39 is 10.8 Å². The van der Waals surface area contributed by atoms with Crippen LogP contribution in [0.15, 0.2) is 261 Å². The Balaban J connectivity index is 1.09. The number of hydrogen-bond donors (Lipinski definition) is 0. The number of nitrogens with zero attached hydrogens (tertiary/aromatic N) is 1. The van der Waals surface area contributed by atoms with Crippen LogP contribution in [0.2, 0.25) is 0 Å². The summed E-state index contributed by atoms with van der Waals surface area (Å²) in [5, 5.41) is 0. The molecule has 12 rings (SSSR count). The van der Waals surface area contributed by atoms with E-state index in [0.29, 0.717) is 0 Å². The molecule has 63 heavy (non-hydrogen) atoms. The van der Waals surface area contributed by atoms with Crippen molar-refractivity contribution in [3.05, 3.63) is 305 Å². The van der Waals surface area contributed by atoms with Crippen LogP contribution in [0.3, 0.4) is 0 Å². The van der Waals surface area contributed by atoms with Crippen LogP contribution in [-0.4, -0.2) is 0 Å². The Morgan fingerprint density at radius 1 is 0.238 bits per heavy atom. The third-order valence-corrected chi connectivity index (χ3v) is 13.6. The van der Waals surface area contributed by atoms with Gasteiger partial charge in [0.25, 0.3) is 0 Å². The van der Waals surface area contributed by atoms with E-state index >= 15 is 0 Å². The Morgan fingerprint density at radius 3 is 1.29 bits per heavy atom. The molecule has 0 aromatic heterocycles. The fraction of sp³-hybridized carbons (Fsp3) is 0.0323. The van der Waals surface area contributed by atoms with E-state index in [0.717, 1.165) is 17.1 Å². The first-order valence-corrected chi connectivity index (χ1v) is 21.9. The maximum absolute atomic E-state index is 2.41. The normalized spacial score (nSPS) is 16.7. The van der Waals surface area contributed by atoms with E-state index in [1.807, 2.05) is 0 Å². The molecule has 0 spiro atoms. The lowest BCUT2D eigenvalue weighted by Gasteiger charge is -2.49. The zero-order valence-corrected chi connectivity index (χ0v) is 34.8. The zero-order chi connectivity index (χ0) is 41.8. The summed E-state index contributed by atoms with van der Waals surface area (Å²) in [5.41, 5.74) is 20.0. The average molecular weight is 802 g/mol. The fourth-order valence-electron chi connectivity index (χ4n) is 11.1. The van der Waals surface area contributed by atoms with Crippen molar-refractivity contribution in [2.45, 2.75) is 10.8 Å².